The Morgan fingerprint density at radius 3 is 2.19 bits per heavy atom. The molecular weight excluding hydrogens is 384 g/mol. The van der Waals surface area contributed by atoms with Gasteiger partial charge in [-0.15, -0.1) is 0 Å². The predicted molar refractivity (Wildman–Crippen MR) is 127 cm³/mol. The molecule has 1 N–H and O–H groups in total. The number of benzene rings is 3. The molecule has 0 spiro atoms. The SMILES string of the molecule is CCOc1ccc(NC(=O)N2CCC(Cc3ccc(-c4ccccc4)cc3)CC2)cc1. The van der Waals surface area contributed by atoms with Gasteiger partial charge in [-0.05, 0) is 73.1 Å². The lowest BCUT2D eigenvalue weighted by molar-refractivity contribution is 0.182. The minimum atomic E-state index is -0.0187. The van der Waals surface area contributed by atoms with Crippen molar-refractivity contribution < 1.29 is 9.53 Å². The van der Waals surface area contributed by atoms with Crippen LogP contribution in [0.3, 0.4) is 0 Å². The van der Waals surface area contributed by atoms with Crippen molar-refractivity contribution in [3.05, 3.63) is 84.4 Å². The molecule has 1 saturated heterocycles. The smallest absolute Gasteiger partial charge is 0.321 e. The zero-order valence-electron chi connectivity index (χ0n) is 18.1. The van der Waals surface area contributed by atoms with Crippen molar-refractivity contribution in [1.29, 1.82) is 0 Å². The number of hydrogen-bond acceptors (Lipinski definition) is 2. The number of hydrogen-bond donors (Lipinski definition) is 1. The third-order valence-corrected chi connectivity index (χ3v) is 5.90. The van der Waals surface area contributed by atoms with Crippen LogP contribution >= 0.6 is 0 Å². The molecular formula is C27H30N2O2. The normalized spacial score (nSPS) is 14.3. The average molecular weight is 415 g/mol. The molecule has 3 aromatic carbocycles. The van der Waals surface area contributed by atoms with Crippen LogP contribution in [0.25, 0.3) is 11.1 Å². The highest BCUT2D eigenvalue weighted by Crippen LogP contribution is 2.25. The van der Waals surface area contributed by atoms with E-state index in [1.807, 2.05) is 42.2 Å². The van der Waals surface area contributed by atoms with E-state index < -0.39 is 0 Å². The predicted octanol–water partition coefficient (Wildman–Crippen LogP) is 6.24. The van der Waals surface area contributed by atoms with Crippen LogP contribution in [-0.4, -0.2) is 30.6 Å². The molecule has 0 radical (unpaired) electrons. The Balaban J connectivity index is 1.25. The summed E-state index contributed by atoms with van der Waals surface area (Å²) in [5.74, 6) is 1.44. The van der Waals surface area contributed by atoms with Gasteiger partial charge in [0.15, 0.2) is 0 Å². The summed E-state index contributed by atoms with van der Waals surface area (Å²) in [6.45, 7) is 4.20. The van der Waals surface area contributed by atoms with Crippen LogP contribution in [0.15, 0.2) is 78.9 Å². The van der Waals surface area contributed by atoms with E-state index >= 15 is 0 Å². The van der Waals surface area contributed by atoms with Gasteiger partial charge < -0.3 is 15.0 Å². The topological polar surface area (TPSA) is 41.6 Å². The molecule has 0 saturated carbocycles. The van der Waals surface area contributed by atoms with Crippen LogP contribution in [0.4, 0.5) is 10.5 Å². The molecule has 1 aliphatic heterocycles. The van der Waals surface area contributed by atoms with Crippen LogP contribution in [0, 0.1) is 5.92 Å². The number of piperidine rings is 1. The average Bonchev–Trinajstić information content (AvgIpc) is 2.82. The van der Waals surface area contributed by atoms with Gasteiger partial charge in [-0.2, -0.15) is 0 Å². The summed E-state index contributed by atoms with van der Waals surface area (Å²) in [6.07, 6.45) is 3.15. The maximum atomic E-state index is 12.6. The van der Waals surface area contributed by atoms with Crippen LogP contribution in [0.1, 0.15) is 25.3 Å². The number of rotatable bonds is 6. The number of likely N-dealkylation sites (tertiary alicyclic amines) is 1. The number of carbonyl (C=O) groups excluding carboxylic acids is 1. The Bertz CT molecular complexity index is 960. The van der Waals surface area contributed by atoms with Crippen LogP contribution in [0.5, 0.6) is 5.75 Å². The summed E-state index contributed by atoms with van der Waals surface area (Å²) >= 11 is 0. The highest BCUT2D eigenvalue weighted by Gasteiger charge is 2.23. The van der Waals surface area contributed by atoms with E-state index in [2.05, 4.69) is 53.8 Å². The number of nitrogens with one attached hydrogen (secondary N) is 1. The van der Waals surface area contributed by atoms with E-state index in [4.69, 9.17) is 4.74 Å². The van der Waals surface area contributed by atoms with Crippen LogP contribution in [-0.2, 0) is 6.42 Å². The van der Waals surface area contributed by atoms with Crippen molar-refractivity contribution in [2.24, 2.45) is 5.92 Å². The third kappa shape index (κ3) is 5.66. The highest BCUT2D eigenvalue weighted by molar-refractivity contribution is 5.89. The zero-order valence-corrected chi connectivity index (χ0v) is 18.1. The van der Waals surface area contributed by atoms with Gasteiger partial charge in [0.2, 0.25) is 0 Å². The first-order chi connectivity index (χ1) is 15.2. The molecule has 1 heterocycles. The fourth-order valence-electron chi connectivity index (χ4n) is 4.14. The summed E-state index contributed by atoms with van der Waals surface area (Å²) in [5, 5.41) is 3.00. The molecule has 0 aliphatic carbocycles. The zero-order chi connectivity index (χ0) is 21.5. The Morgan fingerprint density at radius 1 is 0.903 bits per heavy atom. The number of amides is 2. The first-order valence-electron chi connectivity index (χ1n) is 11.1. The largest absolute Gasteiger partial charge is 0.494 e. The van der Waals surface area contributed by atoms with Crippen molar-refractivity contribution in [3.63, 3.8) is 0 Å². The standard InChI is InChI=1S/C27H30N2O2/c1-2-31-26-14-12-25(13-15-26)28-27(30)29-18-16-22(17-19-29)20-21-8-10-24(11-9-21)23-6-4-3-5-7-23/h3-15,22H,2,16-20H2,1H3,(H,28,30). The molecule has 0 aromatic heterocycles. The van der Waals surface area contributed by atoms with E-state index in [9.17, 15) is 4.79 Å². The van der Waals surface area contributed by atoms with Crippen molar-refractivity contribution in [2.45, 2.75) is 26.2 Å². The molecule has 3 aromatic rings. The van der Waals surface area contributed by atoms with E-state index in [0.29, 0.717) is 12.5 Å². The molecule has 0 bridgehead atoms. The number of anilines is 1. The van der Waals surface area contributed by atoms with E-state index in [1.165, 1.54) is 16.7 Å². The van der Waals surface area contributed by atoms with Gasteiger partial charge in [0.1, 0.15) is 5.75 Å². The number of ether oxygens (including phenoxy) is 1. The first-order valence-corrected chi connectivity index (χ1v) is 11.1. The van der Waals surface area contributed by atoms with E-state index in [1.54, 1.807) is 0 Å². The van der Waals surface area contributed by atoms with Crippen molar-refractivity contribution in [2.75, 3.05) is 25.0 Å². The monoisotopic (exact) mass is 414 g/mol. The van der Waals surface area contributed by atoms with Crippen molar-refractivity contribution >= 4 is 11.7 Å². The molecule has 31 heavy (non-hydrogen) atoms. The number of nitrogens with zero attached hydrogens (tertiary/aromatic N) is 1. The molecule has 4 nitrogen and oxygen atoms in total. The quantitative estimate of drug-likeness (QED) is 0.519. The van der Waals surface area contributed by atoms with E-state index in [0.717, 1.165) is 43.8 Å². The molecule has 0 unspecified atom stereocenters. The van der Waals surface area contributed by atoms with Gasteiger partial charge >= 0.3 is 6.03 Å². The Hall–Kier alpha value is -3.27. The fraction of sp³-hybridized carbons (Fsp3) is 0.296. The Kier molecular flexibility index (Phi) is 6.88. The van der Waals surface area contributed by atoms with Crippen molar-refractivity contribution in [1.82, 2.24) is 4.90 Å². The first kappa shape index (κ1) is 21.0. The van der Waals surface area contributed by atoms with Gasteiger partial charge in [-0.1, -0.05) is 54.6 Å². The second-order valence-corrected chi connectivity index (χ2v) is 8.09. The lowest BCUT2D eigenvalue weighted by Crippen LogP contribution is -2.41. The summed E-state index contributed by atoms with van der Waals surface area (Å²) in [5.41, 5.74) is 4.68. The second-order valence-electron chi connectivity index (χ2n) is 8.09. The summed E-state index contributed by atoms with van der Waals surface area (Å²) in [6, 6.07) is 26.9. The lowest BCUT2D eigenvalue weighted by atomic mass is 9.89. The molecule has 1 aliphatic rings. The molecule has 4 rings (SSSR count). The minimum Gasteiger partial charge on any atom is -0.494 e. The number of urea groups is 1. The number of carbonyl (C=O) groups is 1. The highest BCUT2D eigenvalue weighted by atomic mass is 16.5. The van der Waals surface area contributed by atoms with E-state index in [-0.39, 0.29) is 6.03 Å². The van der Waals surface area contributed by atoms with Gasteiger partial charge in [0.05, 0.1) is 6.61 Å². The van der Waals surface area contributed by atoms with Crippen molar-refractivity contribution in [3.8, 4) is 16.9 Å². The third-order valence-electron chi connectivity index (χ3n) is 5.90. The van der Waals surface area contributed by atoms with Crippen LogP contribution in [0.2, 0.25) is 0 Å². The molecule has 1 fully saturated rings. The van der Waals surface area contributed by atoms with Gasteiger partial charge in [-0.3, -0.25) is 0 Å². The molecule has 0 atom stereocenters. The second kappa shape index (κ2) is 10.2. The maximum Gasteiger partial charge on any atom is 0.321 e. The summed E-state index contributed by atoms with van der Waals surface area (Å²) in [4.78, 5) is 14.5. The maximum absolute atomic E-state index is 12.6. The van der Waals surface area contributed by atoms with Gasteiger partial charge in [-0.25, -0.2) is 4.79 Å². The molecule has 4 heteroatoms. The summed E-state index contributed by atoms with van der Waals surface area (Å²) < 4.78 is 5.45. The summed E-state index contributed by atoms with van der Waals surface area (Å²) in [7, 11) is 0. The lowest BCUT2D eigenvalue weighted by Gasteiger charge is -2.32. The Morgan fingerprint density at radius 2 is 1.55 bits per heavy atom. The Labute approximate surface area is 184 Å². The molecule has 2 amide bonds. The minimum absolute atomic E-state index is 0.0187. The van der Waals surface area contributed by atoms with Crippen LogP contribution < -0.4 is 10.1 Å². The van der Waals surface area contributed by atoms with Gasteiger partial charge in [0, 0.05) is 18.8 Å². The molecule has 160 valence electrons. The fourth-order valence-corrected chi connectivity index (χ4v) is 4.14. The van der Waals surface area contributed by atoms with Gasteiger partial charge in [0.25, 0.3) is 0 Å².